The van der Waals surface area contributed by atoms with E-state index in [1.165, 1.54) is 11.8 Å². The number of nitrogens with zero attached hydrogens (tertiary/aromatic N) is 2. The Morgan fingerprint density at radius 3 is 2.50 bits per heavy atom. The number of furan rings is 1. The van der Waals surface area contributed by atoms with Gasteiger partial charge in [0, 0.05) is 14.9 Å². The Labute approximate surface area is 149 Å². The Kier molecular flexibility index (Phi) is 4.99. The molecule has 1 aliphatic rings. The van der Waals surface area contributed by atoms with Crippen LogP contribution in [-0.2, 0) is 0 Å². The number of nitro groups is 1. The van der Waals surface area contributed by atoms with E-state index in [-0.39, 0.29) is 11.0 Å². The van der Waals surface area contributed by atoms with Crippen molar-refractivity contribution in [2.45, 2.75) is 17.3 Å². The zero-order valence-electron chi connectivity index (χ0n) is 13.3. The van der Waals surface area contributed by atoms with Gasteiger partial charge < -0.3 is 4.42 Å². The SMILES string of the molecule is CN(C)[C@@H]1C=C(c2ccc(Cl)cc2)S[C@H](c2ccco2)[C@H]1[N+](=O)[O-]. The van der Waals surface area contributed by atoms with Gasteiger partial charge >= 0.3 is 0 Å². The van der Waals surface area contributed by atoms with E-state index in [1.807, 2.05) is 49.3 Å². The summed E-state index contributed by atoms with van der Waals surface area (Å²) in [6.07, 6.45) is 3.51. The van der Waals surface area contributed by atoms with Crippen LogP contribution in [0.4, 0.5) is 0 Å². The maximum atomic E-state index is 11.7. The minimum Gasteiger partial charge on any atom is -0.468 e. The summed E-state index contributed by atoms with van der Waals surface area (Å²) in [5.41, 5.74) is 0.995. The lowest BCUT2D eigenvalue weighted by atomic mass is 10.00. The van der Waals surface area contributed by atoms with E-state index in [1.54, 1.807) is 18.4 Å². The minimum absolute atomic E-state index is 0.208. The second-order valence-electron chi connectivity index (χ2n) is 5.82. The molecule has 0 saturated carbocycles. The van der Waals surface area contributed by atoms with Gasteiger partial charge in [-0.15, -0.1) is 11.8 Å². The molecule has 0 unspecified atom stereocenters. The Bertz CT molecular complexity index is 744. The summed E-state index contributed by atoms with van der Waals surface area (Å²) in [6, 6.07) is 9.95. The number of hydrogen-bond donors (Lipinski definition) is 0. The van der Waals surface area contributed by atoms with Crippen LogP contribution < -0.4 is 0 Å². The summed E-state index contributed by atoms with van der Waals surface area (Å²) in [4.78, 5) is 14.4. The number of halogens is 1. The predicted octanol–water partition coefficient (Wildman–Crippen LogP) is 4.34. The van der Waals surface area contributed by atoms with E-state index in [0.717, 1.165) is 10.5 Å². The summed E-state index contributed by atoms with van der Waals surface area (Å²) in [7, 11) is 3.71. The lowest BCUT2D eigenvalue weighted by Gasteiger charge is -2.33. The van der Waals surface area contributed by atoms with Gasteiger partial charge in [-0.25, -0.2) is 0 Å². The van der Waals surface area contributed by atoms with Gasteiger partial charge in [0.15, 0.2) is 0 Å². The Morgan fingerprint density at radius 1 is 1.25 bits per heavy atom. The van der Waals surface area contributed by atoms with Crippen molar-refractivity contribution in [3.8, 4) is 0 Å². The average Bonchev–Trinajstić information content (AvgIpc) is 3.08. The lowest BCUT2D eigenvalue weighted by molar-refractivity contribution is -0.528. The van der Waals surface area contributed by atoms with E-state index in [0.29, 0.717) is 10.8 Å². The molecule has 2 aromatic rings. The molecular weight excluding hydrogens is 348 g/mol. The first-order valence-electron chi connectivity index (χ1n) is 7.45. The maximum Gasteiger partial charge on any atom is 0.251 e. The molecule has 0 bridgehead atoms. The van der Waals surface area contributed by atoms with Crippen LogP contribution in [0.15, 0.2) is 53.2 Å². The molecule has 1 aliphatic heterocycles. The Morgan fingerprint density at radius 2 is 1.96 bits per heavy atom. The van der Waals surface area contributed by atoms with E-state index >= 15 is 0 Å². The molecule has 5 nitrogen and oxygen atoms in total. The third-order valence-corrected chi connectivity index (χ3v) is 5.67. The molecular formula is C17H17ClN2O3S. The summed E-state index contributed by atoms with van der Waals surface area (Å²) in [5, 5.41) is 12.0. The molecule has 0 radical (unpaired) electrons. The highest BCUT2D eigenvalue weighted by Gasteiger charge is 2.46. The molecule has 3 atom stereocenters. The highest BCUT2D eigenvalue weighted by molar-refractivity contribution is 8.08. The fraction of sp³-hybridized carbons (Fsp3) is 0.294. The molecule has 2 heterocycles. The van der Waals surface area contributed by atoms with Crippen LogP contribution in [0.3, 0.4) is 0 Å². The van der Waals surface area contributed by atoms with Crippen molar-refractivity contribution in [3.63, 3.8) is 0 Å². The lowest BCUT2D eigenvalue weighted by Crippen LogP contribution is -2.46. The Balaban J connectivity index is 2.06. The number of likely N-dealkylation sites (N-methyl/N-ethyl adjacent to an activating group) is 1. The van der Waals surface area contributed by atoms with Gasteiger partial charge in [0.1, 0.15) is 11.0 Å². The van der Waals surface area contributed by atoms with E-state index in [9.17, 15) is 10.1 Å². The standard InChI is InChI=1S/C17H17ClN2O3S/c1-19(2)13-10-15(11-5-7-12(18)8-6-11)24-17(16(13)20(21)22)14-4-3-9-23-14/h3-10,13,16-17H,1-2H3/t13-,16+,17-/m1/s1. The van der Waals surface area contributed by atoms with Crippen molar-refractivity contribution in [1.82, 2.24) is 4.90 Å². The molecule has 0 spiro atoms. The number of hydrogen-bond acceptors (Lipinski definition) is 5. The fourth-order valence-electron chi connectivity index (χ4n) is 2.83. The van der Waals surface area contributed by atoms with Gasteiger partial charge in [0.2, 0.25) is 0 Å². The average molecular weight is 365 g/mol. The molecule has 0 aliphatic carbocycles. The molecule has 24 heavy (non-hydrogen) atoms. The highest BCUT2D eigenvalue weighted by atomic mass is 35.5. The molecule has 0 fully saturated rings. The largest absolute Gasteiger partial charge is 0.468 e. The first kappa shape index (κ1) is 17.1. The van der Waals surface area contributed by atoms with Crippen molar-refractivity contribution in [2.24, 2.45) is 0 Å². The van der Waals surface area contributed by atoms with Gasteiger partial charge in [-0.05, 0) is 50.0 Å². The second kappa shape index (κ2) is 7.01. The molecule has 0 N–H and O–H groups in total. The Hall–Kier alpha value is -1.76. The smallest absolute Gasteiger partial charge is 0.251 e. The van der Waals surface area contributed by atoms with Gasteiger partial charge in [-0.1, -0.05) is 23.7 Å². The zero-order chi connectivity index (χ0) is 17.3. The normalized spacial score (nSPS) is 24.0. The third-order valence-electron chi connectivity index (χ3n) is 4.03. The molecule has 126 valence electrons. The third kappa shape index (κ3) is 3.36. The molecule has 0 saturated heterocycles. The van der Waals surface area contributed by atoms with Crippen LogP contribution in [0.2, 0.25) is 5.02 Å². The molecule has 0 amide bonds. The van der Waals surface area contributed by atoms with Crippen LogP contribution in [0.5, 0.6) is 0 Å². The van der Waals surface area contributed by atoms with Crippen LogP contribution in [0.25, 0.3) is 4.91 Å². The van der Waals surface area contributed by atoms with Gasteiger partial charge in [0.05, 0.1) is 12.3 Å². The quantitative estimate of drug-likeness (QED) is 0.596. The molecule has 1 aromatic carbocycles. The van der Waals surface area contributed by atoms with E-state index in [2.05, 4.69) is 0 Å². The van der Waals surface area contributed by atoms with Crippen LogP contribution in [-0.4, -0.2) is 36.0 Å². The molecule has 7 heteroatoms. The summed E-state index contributed by atoms with van der Waals surface area (Å²) < 4.78 is 5.49. The monoisotopic (exact) mass is 364 g/mol. The van der Waals surface area contributed by atoms with Gasteiger partial charge in [0.25, 0.3) is 6.04 Å². The van der Waals surface area contributed by atoms with Gasteiger partial charge in [-0.2, -0.15) is 0 Å². The maximum absolute atomic E-state index is 11.7. The second-order valence-corrected chi connectivity index (χ2v) is 7.44. The highest BCUT2D eigenvalue weighted by Crippen LogP contribution is 2.48. The molecule has 3 rings (SSSR count). The fourth-order valence-corrected chi connectivity index (χ4v) is 4.37. The van der Waals surface area contributed by atoms with Crippen molar-refractivity contribution < 1.29 is 9.34 Å². The van der Waals surface area contributed by atoms with Crippen molar-refractivity contribution >= 4 is 28.3 Å². The van der Waals surface area contributed by atoms with Crippen LogP contribution >= 0.6 is 23.4 Å². The van der Waals surface area contributed by atoms with Crippen molar-refractivity contribution in [2.75, 3.05) is 14.1 Å². The zero-order valence-corrected chi connectivity index (χ0v) is 14.8. The van der Waals surface area contributed by atoms with Crippen molar-refractivity contribution in [1.29, 1.82) is 0 Å². The van der Waals surface area contributed by atoms with E-state index in [4.69, 9.17) is 16.0 Å². The summed E-state index contributed by atoms with van der Waals surface area (Å²) in [5.74, 6) is 0.619. The van der Waals surface area contributed by atoms with Crippen molar-refractivity contribution in [3.05, 3.63) is 75.2 Å². The predicted molar refractivity (Wildman–Crippen MR) is 96.7 cm³/mol. The summed E-state index contributed by atoms with van der Waals surface area (Å²) in [6.45, 7) is 0. The topological polar surface area (TPSA) is 59.5 Å². The minimum atomic E-state index is -0.785. The summed E-state index contributed by atoms with van der Waals surface area (Å²) >= 11 is 7.43. The van der Waals surface area contributed by atoms with E-state index < -0.39 is 11.3 Å². The first-order chi connectivity index (χ1) is 11.5. The molecule has 1 aromatic heterocycles. The number of rotatable bonds is 4. The van der Waals surface area contributed by atoms with Crippen LogP contribution in [0, 0.1) is 10.1 Å². The van der Waals surface area contributed by atoms with Gasteiger partial charge in [-0.3, -0.25) is 15.0 Å². The number of benzene rings is 1. The first-order valence-corrected chi connectivity index (χ1v) is 8.71. The van der Waals surface area contributed by atoms with Crippen LogP contribution in [0.1, 0.15) is 16.6 Å². The number of thioether (sulfide) groups is 1.